The van der Waals surface area contributed by atoms with E-state index in [2.05, 4.69) is 62.2 Å². The number of hydrogen-bond donors (Lipinski definition) is 1. The zero-order valence-electron chi connectivity index (χ0n) is 18.8. The Balaban J connectivity index is 1.46. The lowest BCUT2D eigenvalue weighted by atomic mass is 10.0. The molecule has 0 saturated heterocycles. The molecule has 0 fully saturated rings. The van der Waals surface area contributed by atoms with Gasteiger partial charge >= 0.3 is 0 Å². The molecule has 2 aromatic carbocycles. The molecular weight excluding hydrogens is 428 g/mol. The van der Waals surface area contributed by atoms with Crippen LogP contribution < -0.4 is 5.43 Å². The zero-order valence-corrected chi connectivity index (χ0v) is 19.6. The lowest BCUT2D eigenvalue weighted by molar-refractivity contribution is 0.833. The maximum absolute atomic E-state index is 4.69. The molecule has 1 N–H and O–H groups in total. The highest BCUT2D eigenvalue weighted by atomic mass is 32.1. The average Bonchev–Trinajstić information content (AvgIpc) is 3.41. The molecule has 0 amide bonds. The van der Waals surface area contributed by atoms with E-state index in [0.29, 0.717) is 5.82 Å². The Hall–Kier alpha value is -3.84. The first-order valence-corrected chi connectivity index (χ1v) is 11.8. The van der Waals surface area contributed by atoms with Crippen molar-refractivity contribution in [2.75, 3.05) is 5.43 Å². The van der Waals surface area contributed by atoms with E-state index in [4.69, 9.17) is 0 Å². The minimum atomic E-state index is 0.692. The van der Waals surface area contributed by atoms with Crippen molar-refractivity contribution in [3.8, 4) is 16.8 Å². The number of anilines is 1. The third kappa shape index (κ3) is 4.03. The Morgan fingerprint density at radius 1 is 1.03 bits per heavy atom. The summed E-state index contributed by atoms with van der Waals surface area (Å²) in [5, 5.41) is 12.3. The van der Waals surface area contributed by atoms with Crippen molar-refractivity contribution in [1.82, 2.24) is 19.7 Å². The van der Waals surface area contributed by atoms with E-state index >= 15 is 0 Å². The second-order valence-electron chi connectivity index (χ2n) is 7.80. The van der Waals surface area contributed by atoms with Gasteiger partial charge in [0.1, 0.15) is 11.2 Å². The van der Waals surface area contributed by atoms with Gasteiger partial charge in [-0.1, -0.05) is 49.4 Å². The molecule has 0 bridgehead atoms. The van der Waals surface area contributed by atoms with Gasteiger partial charge in [-0.2, -0.15) is 10.2 Å². The van der Waals surface area contributed by atoms with E-state index in [1.807, 2.05) is 55.1 Å². The van der Waals surface area contributed by atoms with E-state index in [-0.39, 0.29) is 0 Å². The molecule has 164 valence electrons. The van der Waals surface area contributed by atoms with Gasteiger partial charge in [-0.05, 0) is 43.5 Å². The van der Waals surface area contributed by atoms with Crippen LogP contribution in [-0.4, -0.2) is 26.0 Å². The van der Waals surface area contributed by atoms with Gasteiger partial charge < -0.3 is 0 Å². The summed E-state index contributed by atoms with van der Waals surface area (Å²) in [7, 11) is 0. The van der Waals surface area contributed by atoms with Crippen LogP contribution in [0.1, 0.15) is 29.4 Å². The molecule has 3 heterocycles. The van der Waals surface area contributed by atoms with Gasteiger partial charge in [0.25, 0.3) is 0 Å². The Morgan fingerprint density at radius 2 is 1.82 bits per heavy atom. The molecule has 0 aliphatic carbocycles. The molecule has 3 aromatic heterocycles. The predicted molar refractivity (Wildman–Crippen MR) is 136 cm³/mol. The summed E-state index contributed by atoms with van der Waals surface area (Å²) in [6, 6.07) is 18.8. The Kier molecular flexibility index (Phi) is 5.71. The van der Waals surface area contributed by atoms with Gasteiger partial charge in [-0.25, -0.2) is 14.6 Å². The molecule has 0 unspecified atom stereocenters. The van der Waals surface area contributed by atoms with Crippen molar-refractivity contribution in [2.24, 2.45) is 5.10 Å². The van der Waals surface area contributed by atoms with Crippen LogP contribution in [0.3, 0.4) is 0 Å². The summed E-state index contributed by atoms with van der Waals surface area (Å²) in [4.78, 5) is 9.87. The third-order valence-electron chi connectivity index (χ3n) is 5.76. The normalized spacial score (nSPS) is 11.5. The Bertz CT molecular complexity index is 1430. The summed E-state index contributed by atoms with van der Waals surface area (Å²) in [5.74, 6) is 0.692. The molecule has 0 aliphatic rings. The highest BCUT2D eigenvalue weighted by Gasteiger charge is 2.14. The first kappa shape index (κ1) is 21.0. The fraction of sp³-hybridized carbons (Fsp3) is 0.154. The van der Waals surface area contributed by atoms with E-state index in [0.717, 1.165) is 50.4 Å². The smallest absolute Gasteiger partial charge is 0.159 e. The Morgan fingerprint density at radius 3 is 2.58 bits per heavy atom. The van der Waals surface area contributed by atoms with Crippen LogP contribution in [0.5, 0.6) is 0 Å². The molecule has 0 saturated carbocycles. The second-order valence-corrected chi connectivity index (χ2v) is 8.66. The van der Waals surface area contributed by atoms with Crippen LogP contribution in [-0.2, 0) is 6.42 Å². The van der Waals surface area contributed by atoms with E-state index in [9.17, 15) is 0 Å². The molecule has 5 aromatic rings. The highest BCUT2D eigenvalue weighted by Crippen LogP contribution is 2.36. The number of aromatic nitrogens is 4. The number of benzene rings is 2. The van der Waals surface area contributed by atoms with Gasteiger partial charge in [0.15, 0.2) is 5.82 Å². The number of nitrogens with zero attached hydrogens (tertiary/aromatic N) is 5. The molecule has 0 atom stereocenters. The quantitative estimate of drug-likeness (QED) is 0.247. The van der Waals surface area contributed by atoms with Gasteiger partial charge in [-0.3, -0.25) is 5.43 Å². The summed E-state index contributed by atoms with van der Waals surface area (Å²) in [5.41, 5.74) is 10.7. The number of hydrogen-bond acceptors (Lipinski definition) is 6. The molecule has 5 rings (SSSR count). The lowest BCUT2D eigenvalue weighted by Gasteiger charge is -2.06. The fourth-order valence-corrected chi connectivity index (χ4v) is 4.83. The number of nitrogens with one attached hydrogen (secondary N) is 1. The van der Waals surface area contributed by atoms with Crippen molar-refractivity contribution in [2.45, 2.75) is 27.2 Å². The van der Waals surface area contributed by atoms with Gasteiger partial charge in [-0.15, -0.1) is 11.3 Å². The fourth-order valence-electron chi connectivity index (χ4n) is 3.91. The van der Waals surface area contributed by atoms with Crippen LogP contribution in [0.4, 0.5) is 5.82 Å². The number of aryl methyl sites for hydroxylation is 2. The maximum atomic E-state index is 4.69. The van der Waals surface area contributed by atoms with Gasteiger partial charge in [0.05, 0.1) is 28.7 Å². The SMILES string of the molecule is CCc1ccc(-c2csc3ncnc(N/N=C/c4c(C)nn(-c5ccccc5)c4C)c23)cc1. The van der Waals surface area contributed by atoms with E-state index < -0.39 is 0 Å². The number of fused-ring (bicyclic) bond motifs is 1. The molecule has 0 aliphatic heterocycles. The number of thiophene rings is 1. The minimum Gasteiger partial charge on any atom is -0.261 e. The molecule has 0 spiro atoms. The molecule has 7 heteroatoms. The zero-order chi connectivity index (χ0) is 22.8. The van der Waals surface area contributed by atoms with Crippen molar-refractivity contribution in [3.05, 3.63) is 88.8 Å². The molecule has 0 radical (unpaired) electrons. The molecule has 6 nitrogen and oxygen atoms in total. The van der Waals surface area contributed by atoms with Crippen LogP contribution in [0, 0.1) is 13.8 Å². The predicted octanol–water partition coefficient (Wildman–Crippen LogP) is 6.17. The summed E-state index contributed by atoms with van der Waals surface area (Å²) in [6.45, 7) is 6.21. The minimum absolute atomic E-state index is 0.692. The van der Waals surface area contributed by atoms with Crippen molar-refractivity contribution >= 4 is 33.6 Å². The standard InChI is InChI=1S/C26H24N6S/c1-4-19-10-12-20(13-11-19)23-15-33-26-24(23)25(27-16-28-26)30-29-14-22-17(2)31-32(18(22)3)21-8-6-5-7-9-21/h5-16H,4H2,1-3H3,(H,27,28,30)/b29-14+. The van der Waals surface area contributed by atoms with Crippen molar-refractivity contribution in [3.63, 3.8) is 0 Å². The first-order valence-electron chi connectivity index (χ1n) is 10.9. The topological polar surface area (TPSA) is 68.0 Å². The van der Waals surface area contributed by atoms with Crippen LogP contribution in [0.15, 0.2) is 71.4 Å². The summed E-state index contributed by atoms with van der Waals surface area (Å²) in [6.07, 6.45) is 4.41. The summed E-state index contributed by atoms with van der Waals surface area (Å²) < 4.78 is 1.94. The van der Waals surface area contributed by atoms with Gasteiger partial charge in [0, 0.05) is 16.5 Å². The monoisotopic (exact) mass is 452 g/mol. The first-order chi connectivity index (χ1) is 16.2. The lowest BCUT2D eigenvalue weighted by Crippen LogP contribution is -1.99. The molecule has 33 heavy (non-hydrogen) atoms. The number of para-hydroxylation sites is 1. The average molecular weight is 453 g/mol. The van der Waals surface area contributed by atoms with Gasteiger partial charge in [0.2, 0.25) is 0 Å². The van der Waals surface area contributed by atoms with Crippen molar-refractivity contribution in [1.29, 1.82) is 0 Å². The van der Waals surface area contributed by atoms with E-state index in [1.165, 1.54) is 5.56 Å². The Labute approximate surface area is 196 Å². The largest absolute Gasteiger partial charge is 0.261 e. The third-order valence-corrected chi connectivity index (χ3v) is 6.64. The maximum Gasteiger partial charge on any atom is 0.159 e. The van der Waals surface area contributed by atoms with Crippen LogP contribution in [0.25, 0.3) is 27.0 Å². The van der Waals surface area contributed by atoms with Crippen molar-refractivity contribution < 1.29 is 0 Å². The van der Waals surface area contributed by atoms with Crippen LogP contribution in [0.2, 0.25) is 0 Å². The molecular formula is C26H24N6S. The van der Waals surface area contributed by atoms with E-state index in [1.54, 1.807) is 17.7 Å². The highest BCUT2D eigenvalue weighted by molar-refractivity contribution is 7.17. The number of rotatable bonds is 6. The summed E-state index contributed by atoms with van der Waals surface area (Å²) >= 11 is 1.61. The second kappa shape index (κ2) is 8.96. The number of hydrazone groups is 1. The van der Waals surface area contributed by atoms with Crippen LogP contribution >= 0.6 is 11.3 Å².